The second-order valence-corrected chi connectivity index (χ2v) is 7.29. The van der Waals surface area contributed by atoms with E-state index in [1.165, 1.54) is 0 Å². The second kappa shape index (κ2) is 11.8. The van der Waals surface area contributed by atoms with Crippen molar-refractivity contribution < 1.29 is 13.9 Å². The summed E-state index contributed by atoms with van der Waals surface area (Å²) in [6.07, 6.45) is 0.956. The predicted molar refractivity (Wildman–Crippen MR) is 115 cm³/mol. The van der Waals surface area contributed by atoms with E-state index in [4.69, 9.17) is 16.3 Å². The highest BCUT2D eigenvalue weighted by molar-refractivity contribution is 6.32. The average molecular weight is 422 g/mol. The Hall–Kier alpha value is -2.15. The minimum atomic E-state index is -0.494. The third kappa shape index (κ3) is 6.99. The van der Waals surface area contributed by atoms with Crippen molar-refractivity contribution in [3.05, 3.63) is 58.9 Å². The molecule has 0 aliphatic carbocycles. The monoisotopic (exact) mass is 421 g/mol. The molecule has 2 rings (SSSR count). The van der Waals surface area contributed by atoms with Gasteiger partial charge < -0.3 is 20.7 Å². The fourth-order valence-corrected chi connectivity index (χ4v) is 3.21. The van der Waals surface area contributed by atoms with Gasteiger partial charge in [0.2, 0.25) is 5.91 Å². The Morgan fingerprint density at radius 3 is 2.55 bits per heavy atom. The first-order valence-electron chi connectivity index (χ1n) is 9.84. The molecular weight excluding hydrogens is 393 g/mol. The molecule has 0 radical (unpaired) electrons. The van der Waals surface area contributed by atoms with Crippen LogP contribution >= 0.6 is 11.6 Å². The van der Waals surface area contributed by atoms with E-state index in [1.807, 2.05) is 39.1 Å². The van der Waals surface area contributed by atoms with Crippen molar-refractivity contribution in [3.63, 3.8) is 0 Å². The van der Waals surface area contributed by atoms with E-state index in [0.29, 0.717) is 37.2 Å². The van der Waals surface area contributed by atoms with E-state index in [2.05, 4.69) is 16.0 Å². The first-order valence-corrected chi connectivity index (χ1v) is 10.2. The first-order chi connectivity index (χ1) is 14.0. The molecule has 1 amide bonds. The van der Waals surface area contributed by atoms with Crippen molar-refractivity contribution in [2.24, 2.45) is 0 Å². The second-order valence-electron chi connectivity index (χ2n) is 6.88. The highest BCUT2D eigenvalue weighted by Crippen LogP contribution is 2.36. The van der Waals surface area contributed by atoms with Crippen LogP contribution in [0.1, 0.15) is 38.3 Å². The molecule has 2 atom stereocenters. The smallest absolute Gasteiger partial charge is 0.221 e. The summed E-state index contributed by atoms with van der Waals surface area (Å²) in [6.45, 7) is 5.16. The lowest BCUT2D eigenvalue weighted by Gasteiger charge is -2.24. The maximum atomic E-state index is 15.2. The molecule has 0 aliphatic heterocycles. The van der Waals surface area contributed by atoms with Gasteiger partial charge >= 0.3 is 0 Å². The molecule has 29 heavy (non-hydrogen) atoms. The standard InChI is InChI=1S/C22H29ClFN3O2/c1-4-19(27-15(2)14-20(28)26-13-12-25-3)17-10-11-18(23)22(21(17)24)29-16-8-6-5-7-9-16/h5-11,15,19,25,27H,4,12-14H2,1-3H3,(H,26,28)/t15-,19+/m0/s1. The van der Waals surface area contributed by atoms with Crippen LogP contribution in [-0.2, 0) is 4.79 Å². The summed E-state index contributed by atoms with van der Waals surface area (Å²) in [6, 6.07) is 11.9. The number of carbonyl (C=O) groups is 1. The minimum Gasteiger partial charge on any atom is -0.453 e. The van der Waals surface area contributed by atoms with Crippen molar-refractivity contribution in [2.45, 2.75) is 38.8 Å². The summed E-state index contributed by atoms with van der Waals surface area (Å²) in [5.74, 6) is -0.0164. The number of amides is 1. The van der Waals surface area contributed by atoms with E-state index in [9.17, 15) is 4.79 Å². The van der Waals surface area contributed by atoms with Gasteiger partial charge in [-0.1, -0.05) is 42.8 Å². The molecule has 2 aromatic rings. The zero-order valence-corrected chi connectivity index (χ0v) is 17.9. The van der Waals surface area contributed by atoms with Gasteiger partial charge in [0.1, 0.15) is 5.75 Å². The molecule has 3 N–H and O–H groups in total. The van der Waals surface area contributed by atoms with Crippen LogP contribution in [0.15, 0.2) is 42.5 Å². The average Bonchev–Trinajstić information content (AvgIpc) is 2.70. The predicted octanol–water partition coefficient (Wildman–Crippen LogP) is 4.43. The van der Waals surface area contributed by atoms with Crippen LogP contribution in [0, 0.1) is 5.82 Å². The SMILES string of the molecule is CC[C@@H](N[C@@H](C)CC(=O)NCCNC)c1ccc(Cl)c(Oc2ccccc2)c1F. The highest BCUT2D eigenvalue weighted by atomic mass is 35.5. The minimum absolute atomic E-state index is 0.00748. The molecule has 158 valence electrons. The van der Waals surface area contributed by atoms with Gasteiger partial charge in [0, 0.05) is 37.2 Å². The Kier molecular flexibility index (Phi) is 9.38. The van der Waals surface area contributed by atoms with Crippen molar-refractivity contribution in [1.82, 2.24) is 16.0 Å². The van der Waals surface area contributed by atoms with Gasteiger partial charge in [-0.3, -0.25) is 4.79 Å². The molecule has 0 saturated heterocycles. The molecule has 0 saturated carbocycles. The number of nitrogens with one attached hydrogen (secondary N) is 3. The summed E-state index contributed by atoms with van der Waals surface area (Å²) in [5, 5.41) is 9.38. The lowest BCUT2D eigenvalue weighted by Crippen LogP contribution is -2.37. The van der Waals surface area contributed by atoms with Gasteiger partial charge in [-0.2, -0.15) is 0 Å². The number of para-hydroxylation sites is 1. The van der Waals surface area contributed by atoms with Crippen LogP contribution in [0.3, 0.4) is 0 Å². The molecule has 0 unspecified atom stereocenters. The van der Waals surface area contributed by atoms with E-state index in [-0.39, 0.29) is 28.8 Å². The summed E-state index contributed by atoms with van der Waals surface area (Å²) < 4.78 is 20.9. The number of hydrogen-bond donors (Lipinski definition) is 3. The molecule has 0 aliphatic rings. The summed E-state index contributed by atoms with van der Waals surface area (Å²) in [5.41, 5.74) is 0.463. The fourth-order valence-electron chi connectivity index (χ4n) is 3.02. The van der Waals surface area contributed by atoms with Crippen LogP contribution in [0.4, 0.5) is 4.39 Å². The Morgan fingerprint density at radius 2 is 1.90 bits per heavy atom. The molecular formula is C22H29ClFN3O2. The van der Waals surface area contributed by atoms with Gasteiger partial charge in [-0.05, 0) is 38.6 Å². The van der Waals surface area contributed by atoms with E-state index in [1.54, 1.807) is 24.3 Å². The summed E-state index contributed by atoms with van der Waals surface area (Å²) >= 11 is 6.19. The van der Waals surface area contributed by atoms with Gasteiger partial charge in [0.05, 0.1) is 5.02 Å². The Morgan fingerprint density at radius 1 is 1.17 bits per heavy atom. The topological polar surface area (TPSA) is 62.4 Å². The zero-order valence-electron chi connectivity index (χ0n) is 17.1. The molecule has 0 fully saturated rings. The maximum Gasteiger partial charge on any atom is 0.221 e. The van der Waals surface area contributed by atoms with Crippen molar-refractivity contribution in [3.8, 4) is 11.5 Å². The normalized spacial score (nSPS) is 13.0. The molecule has 0 heterocycles. The molecule has 0 aromatic heterocycles. The van der Waals surface area contributed by atoms with Gasteiger partial charge in [0.15, 0.2) is 11.6 Å². The number of ether oxygens (including phenoxy) is 1. The van der Waals surface area contributed by atoms with Crippen LogP contribution in [0.5, 0.6) is 11.5 Å². The van der Waals surface area contributed by atoms with Crippen LogP contribution in [0.2, 0.25) is 5.02 Å². The lowest BCUT2D eigenvalue weighted by atomic mass is 10.0. The molecule has 7 heteroatoms. The largest absolute Gasteiger partial charge is 0.453 e. The lowest BCUT2D eigenvalue weighted by molar-refractivity contribution is -0.121. The maximum absolute atomic E-state index is 15.2. The van der Waals surface area contributed by atoms with Crippen molar-refractivity contribution in [2.75, 3.05) is 20.1 Å². The number of carbonyl (C=O) groups excluding carboxylic acids is 1. The van der Waals surface area contributed by atoms with E-state index < -0.39 is 5.82 Å². The summed E-state index contributed by atoms with van der Waals surface area (Å²) in [7, 11) is 1.83. The van der Waals surface area contributed by atoms with Crippen molar-refractivity contribution >= 4 is 17.5 Å². The van der Waals surface area contributed by atoms with Crippen LogP contribution in [0.25, 0.3) is 0 Å². The van der Waals surface area contributed by atoms with Gasteiger partial charge in [-0.15, -0.1) is 0 Å². The fraction of sp³-hybridized carbons (Fsp3) is 0.409. The molecule has 5 nitrogen and oxygen atoms in total. The number of halogens is 2. The van der Waals surface area contributed by atoms with E-state index in [0.717, 1.165) is 0 Å². The Bertz CT molecular complexity index is 789. The summed E-state index contributed by atoms with van der Waals surface area (Å²) in [4.78, 5) is 12.0. The third-order valence-electron chi connectivity index (χ3n) is 4.50. The highest BCUT2D eigenvalue weighted by Gasteiger charge is 2.22. The number of likely N-dealkylation sites (N-methyl/N-ethyl adjacent to an activating group) is 1. The first kappa shape index (κ1) is 23.1. The Labute approximate surface area is 177 Å². The van der Waals surface area contributed by atoms with Crippen molar-refractivity contribution in [1.29, 1.82) is 0 Å². The number of hydrogen-bond acceptors (Lipinski definition) is 4. The zero-order chi connectivity index (χ0) is 21.2. The molecule has 0 spiro atoms. The van der Waals surface area contributed by atoms with Crippen LogP contribution < -0.4 is 20.7 Å². The Balaban J connectivity index is 2.10. The quantitative estimate of drug-likeness (QED) is 0.470. The van der Waals surface area contributed by atoms with Crippen LogP contribution in [-0.4, -0.2) is 32.1 Å². The third-order valence-corrected chi connectivity index (χ3v) is 4.80. The molecule has 2 aromatic carbocycles. The number of benzene rings is 2. The van der Waals surface area contributed by atoms with E-state index >= 15 is 4.39 Å². The number of rotatable bonds is 11. The van der Waals surface area contributed by atoms with Gasteiger partial charge in [-0.25, -0.2) is 4.39 Å². The van der Waals surface area contributed by atoms with Gasteiger partial charge in [0.25, 0.3) is 0 Å². The molecule has 0 bridgehead atoms.